The Kier molecular flexibility index (Phi) is 5.36. The molecule has 0 aliphatic rings. The number of carbonyl (C=O) groups is 1. The van der Waals surface area contributed by atoms with Gasteiger partial charge in [0, 0.05) is 18.0 Å². The second-order valence-corrected chi connectivity index (χ2v) is 5.15. The molecule has 0 heterocycles. The summed E-state index contributed by atoms with van der Waals surface area (Å²) in [5.41, 5.74) is 2.61. The van der Waals surface area contributed by atoms with Crippen molar-refractivity contribution in [2.75, 3.05) is 0 Å². The first kappa shape index (κ1) is 15.1. The Hall–Kier alpha value is -2.31. The Morgan fingerprint density at radius 3 is 2.62 bits per heavy atom. The van der Waals surface area contributed by atoms with Crippen molar-refractivity contribution < 1.29 is 4.79 Å². The van der Waals surface area contributed by atoms with Gasteiger partial charge in [-0.3, -0.25) is 4.79 Å². The van der Waals surface area contributed by atoms with Crippen LogP contribution in [0.2, 0.25) is 5.02 Å². The average Bonchev–Trinajstić information content (AvgIpc) is 2.52. The first-order valence-corrected chi connectivity index (χ1v) is 7.05. The van der Waals surface area contributed by atoms with E-state index in [1.165, 1.54) is 0 Å². The number of benzene rings is 2. The summed E-state index contributed by atoms with van der Waals surface area (Å²) >= 11 is 5.81. The molecule has 0 saturated carbocycles. The van der Waals surface area contributed by atoms with Crippen LogP contribution in [0.4, 0.5) is 0 Å². The smallest absolute Gasteiger partial charge is 0.220 e. The fourth-order valence-corrected chi connectivity index (χ4v) is 2.07. The van der Waals surface area contributed by atoms with Crippen LogP contribution in [0.25, 0.3) is 0 Å². The molecule has 2 aromatic rings. The lowest BCUT2D eigenvalue weighted by atomic mass is 10.1. The van der Waals surface area contributed by atoms with Gasteiger partial charge >= 0.3 is 0 Å². The van der Waals surface area contributed by atoms with Crippen LogP contribution < -0.4 is 5.32 Å². The van der Waals surface area contributed by atoms with Gasteiger partial charge in [-0.05, 0) is 41.8 Å². The molecule has 0 spiro atoms. The molecule has 0 unspecified atom stereocenters. The standard InChI is InChI=1S/C17H15ClN2O/c18-16-7-4-13(5-8-16)6-9-17(21)20-12-15-3-1-2-14(10-15)11-19/h1-5,7-8,10H,6,9,12H2,(H,20,21). The lowest BCUT2D eigenvalue weighted by molar-refractivity contribution is -0.121. The van der Waals surface area contributed by atoms with Gasteiger partial charge in [-0.2, -0.15) is 5.26 Å². The first-order chi connectivity index (χ1) is 10.2. The van der Waals surface area contributed by atoms with E-state index in [4.69, 9.17) is 16.9 Å². The Morgan fingerprint density at radius 2 is 1.90 bits per heavy atom. The summed E-state index contributed by atoms with van der Waals surface area (Å²) in [6.07, 6.45) is 1.11. The monoisotopic (exact) mass is 298 g/mol. The van der Waals surface area contributed by atoms with Gasteiger partial charge in [-0.1, -0.05) is 35.9 Å². The zero-order valence-corrected chi connectivity index (χ0v) is 12.2. The summed E-state index contributed by atoms with van der Waals surface area (Å²) in [5, 5.41) is 12.4. The molecule has 0 bridgehead atoms. The highest BCUT2D eigenvalue weighted by molar-refractivity contribution is 6.30. The maximum absolute atomic E-state index is 11.8. The molecule has 0 atom stereocenters. The van der Waals surface area contributed by atoms with Crippen LogP contribution in [0.3, 0.4) is 0 Å². The Morgan fingerprint density at radius 1 is 1.14 bits per heavy atom. The Bertz CT molecular complexity index is 659. The number of hydrogen-bond acceptors (Lipinski definition) is 2. The maximum Gasteiger partial charge on any atom is 0.220 e. The van der Waals surface area contributed by atoms with Gasteiger partial charge in [-0.25, -0.2) is 0 Å². The molecule has 0 radical (unpaired) electrons. The van der Waals surface area contributed by atoms with Crippen molar-refractivity contribution in [3.05, 3.63) is 70.2 Å². The number of nitrogens with one attached hydrogen (secondary N) is 1. The van der Waals surface area contributed by atoms with Crippen molar-refractivity contribution in [3.63, 3.8) is 0 Å². The van der Waals surface area contributed by atoms with Gasteiger partial charge in [0.15, 0.2) is 0 Å². The molecule has 106 valence electrons. The topological polar surface area (TPSA) is 52.9 Å². The molecule has 0 aromatic heterocycles. The van der Waals surface area contributed by atoms with Gasteiger partial charge in [0.05, 0.1) is 11.6 Å². The van der Waals surface area contributed by atoms with Crippen LogP contribution in [0, 0.1) is 11.3 Å². The minimum Gasteiger partial charge on any atom is -0.352 e. The summed E-state index contributed by atoms with van der Waals surface area (Å²) in [4.78, 5) is 11.8. The molecule has 0 aliphatic heterocycles. The van der Waals surface area contributed by atoms with E-state index in [1.807, 2.05) is 36.4 Å². The van der Waals surface area contributed by atoms with Gasteiger partial charge in [0.2, 0.25) is 5.91 Å². The number of hydrogen-bond donors (Lipinski definition) is 1. The lowest BCUT2D eigenvalue weighted by Gasteiger charge is -2.06. The van der Waals surface area contributed by atoms with Crippen LogP contribution in [0.1, 0.15) is 23.1 Å². The van der Waals surface area contributed by atoms with Crippen molar-refractivity contribution in [3.8, 4) is 6.07 Å². The number of aryl methyl sites for hydroxylation is 1. The highest BCUT2D eigenvalue weighted by Gasteiger charge is 2.03. The van der Waals surface area contributed by atoms with Crippen molar-refractivity contribution in [1.29, 1.82) is 5.26 Å². The zero-order valence-electron chi connectivity index (χ0n) is 11.5. The van der Waals surface area contributed by atoms with Crippen molar-refractivity contribution in [1.82, 2.24) is 5.32 Å². The Labute approximate surface area is 129 Å². The van der Waals surface area contributed by atoms with Crippen LogP contribution in [-0.2, 0) is 17.8 Å². The molecule has 0 saturated heterocycles. The molecule has 21 heavy (non-hydrogen) atoms. The largest absolute Gasteiger partial charge is 0.352 e. The predicted molar refractivity (Wildman–Crippen MR) is 82.8 cm³/mol. The van der Waals surface area contributed by atoms with E-state index in [0.29, 0.717) is 30.0 Å². The summed E-state index contributed by atoms with van der Waals surface area (Å²) in [6.45, 7) is 0.439. The third-order valence-corrected chi connectivity index (χ3v) is 3.35. The zero-order chi connectivity index (χ0) is 15.1. The van der Waals surface area contributed by atoms with Crippen molar-refractivity contribution >= 4 is 17.5 Å². The average molecular weight is 299 g/mol. The third kappa shape index (κ3) is 4.94. The fourth-order valence-electron chi connectivity index (χ4n) is 1.95. The van der Waals surface area contributed by atoms with E-state index in [-0.39, 0.29) is 5.91 Å². The number of rotatable bonds is 5. The number of nitriles is 1. The van der Waals surface area contributed by atoms with E-state index < -0.39 is 0 Å². The van der Waals surface area contributed by atoms with Crippen LogP contribution in [0.5, 0.6) is 0 Å². The minimum absolute atomic E-state index is 0.00712. The van der Waals surface area contributed by atoms with E-state index >= 15 is 0 Å². The van der Waals surface area contributed by atoms with Gasteiger partial charge in [0.25, 0.3) is 0 Å². The minimum atomic E-state index is -0.00712. The lowest BCUT2D eigenvalue weighted by Crippen LogP contribution is -2.23. The predicted octanol–water partition coefficient (Wildman–Crippen LogP) is 3.46. The molecule has 2 aromatic carbocycles. The number of nitrogens with zero attached hydrogens (tertiary/aromatic N) is 1. The molecule has 0 aliphatic carbocycles. The number of halogens is 1. The molecule has 1 amide bonds. The third-order valence-electron chi connectivity index (χ3n) is 3.10. The van der Waals surface area contributed by atoms with E-state index in [9.17, 15) is 4.79 Å². The molecular formula is C17H15ClN2O. The normalized spacial score (nSPS) is 9.90. The van der Waals surface area contributed by atoms with Crippen molar-refractivity contribution in [2.45, 2.75) is 19.4 Å². The molecule has 3 nitrogen and oxygen atoms in total. The summed E-state index contributed by atoms with van der Waals surface area (Å²) in [7, 11) is 0. The van der Waals surface area contributed by atoms with Crippen LogP contribution >= 0.6 is 11.6 Å². The van der Waals surface area contributed by atoms with E-state index in [2.05, 4.69) is 11.4 Å². The van der Waals surface area contributed by atoms with Crippen LogP contribution in [-0.4, -0.2) is 5.91 Å². The summed E-state index contributed by atoms with van der Waals surface area (Å²) in [6, 6.07) is 16.8. The Balaban J connectivity index is 1.79. The quantitative estimate of drug-likeness (QED) is 0.919. The molecular weight excluding hydrogens is 284 g/mol. The molecule has 1 N–H and O–H groups in total. The van der Waals surface area contributed by atoms with E-state index in [1.54, 1.807) is 12.1 Å². The SMILES string of the molecule is N#Cc1cccc(CNC(=O)CCc2ccc(Cl)cc2)c1. The van der Waals surface area contributed by atoms with Gasteiger partial charge < -0.3 is 5.32 Å². The first-order valence-electron chi connectivity index (χ1n) is 6.67. The summed E-state index contributed by atoms with van der Waals surface area (Å²) < 4.78 is 0. The van der Waals surface area contributed by atoms with Crippen LogP contribution in [0.15, 0.2) is 48.5 Å². The number of amides is 1. The molecule has 4 heteroatoms. The highest BCUT2D eigenvalue weighted by Crippen LogP contribution is 2.11. The van der Waals surface area contributed by atoms with E-state index in [0.717, 1.165) is 11.1 Å². The van der Waals surface area contributed by atoms with Gasteiger partial charge in [0.1, 0.15) is 0 Å². The fraction of sp³-hybridized carbons (Fsp3) is 0.176. The molecule has 2 rings (SSSR count). The van der Waals surface area contributed by atoms with Gasteiger partial charge in [-0.15, -0.1) is 0 Å². The maximum atomic E-state index is 11.8. The second kappa shape index (κ2) is 7.47. The summed E-state index contributed by atoms with van der Waals surface area (Å²) in [5.74, 6) is -0.00712. The molecule has 0 fully saturated rings. The highest BCUT2D eigenvalue weighted by atomic mass is 35.5. The van der Waals surface area contributed by atoms with Crippen molar-refractivity contribution in [2.24, 2.45) is 0 Å². The second-order valence-electron chi connectivity index (χ2n) is 4.72. The number of carbonyl (C=O) groups excluding carboxylic acids is 1.